The van der Waals surface area contributed by atoms with E-state index in [4.69, 9.17) is 5.14 Å². The molecule has 3 aromatic rings. The third-order valence-corrected chi connectivity index (χ3v) is 4.10. The predicted molar refractivity (Wildman–Crippen MR) is 89.6 cm³/mol. The fraction of sp³-hybridized carbons (Fsp3) is 0.125. The summed E-state index contributed by atoms with van der Waals surface area (Å²) in [4.78, 5) is 3.28. The summed E-state index contributed by atoms with van der Waals surface area (Å²) in [5, 5.41) is 9.48. The minimum atomic E-state index is -3.49. The van der Waals surface area contributed by atoms with Crippen LogP contribution in [0.4, 0.5) is 11.4 Å². The lowest BCUT2D eigenvalue weighted by Crippen LogP contribution is -2.14. The molecular formula is C16H17N3O2S. The lowest BCUT2D eigenvalue weighted by molar-refractivity contribution is 0.597. The van der Waals surface area contributed by atoms with Crippen molar-refractivity contribution in [3.63, 3.8) is 0 Å². The summed E-state index contributed by atoms with van der Waals surface area (Å²) >= 11 is 0. The third kappa shape index (κ3) is 3.47. The van der Waals surface area contributed by atoms with Crippen molar-refractivity contribution in [2.45, 2.75) is 12.7 Å². The van der Waals surface area contributed by atoms with Gasteiger partial charge < -0.3 is 10.3 Å². The van der Waals surface area contributed by atoms with Crippen molar-refractivity contribution >= 4 is 32.3 Å². The Labute approximate surface area is 129 Å². The quantitative estimate of drug-likeness (QED) is 0.691. The summed E-state index contributed by atoms with van der Waals surface area (Å²) in [5.41, 5.74) is 4.77. The van der Waals surface area contributed by atoms with Gasteiger partial charge in [0, 0.05) is 28.0 Å². The third-order valence-electron chi connectivity index (χ3n) is 3.37. The Bertz CT molecular complexity index is 912. The van der Waals surface area contributed by atoms with Crippen molar-refractivity contribution in [3.05, 3.63) is 59.8 Å². The first-order valence-corrected chi connectivity index (χ1v) is 8.56. The van der Waals surface area contributed by atoms with Gasteiger partial charge in [0.1, 0.15) is 0 Å². The molecule has 5 nitrogen and oxygen atoms in total. The Morgan fingerprint density at radius 2 is 1.73 bits per heavy atom. The van der Waals surface area contributed by atoms with E-state index in [1.807, 2.05) is 31.2 Å². The molecule has 0 saturated heterocycles. The van der Waals surface area contributed by atoms with Gasteiger partial charge in [-0.15, -0.1) is 0 Å². The number of benzene rings is 2. The molecule has 0 atom stereocenters. The molecule has 3 rings (SSSR count). The van der Waals surface area contributed by atoms with Crippen molar-refractivity contribution < 1.29 is 8.42 Å². The van der Waals surface area contributed by atoms with Crippen LogP contribution in [-0.2, 0) is 15.8 Å². The Balaban J connectivity index is 1.79. The predicted octanol–water partition coefficient (Wildman–Crippen LogP) is 3.01. The van der Waals surface area contributed by atoms with Gasteiger partial charge in [-0.2, -0.15) is 0 Å². The summed E-state index contributed by atoms with van der Waals surface area (Å²) in [6.45, 7) is 2.03. The average Bonchev–Trinajstić information content (AvgIpc) is 2.79. The molecule has 0 fully saturated rings. The summed E-state index contributed by atoms with van der Waals surface area (Å²) in [6, 6.07) is 15.4. The van der Waals surface area contributed by atoms with Crippen molar-refractivity contribution in [2.75, 3.05) is 5.32 Å². The Kier molecular flexibility index (Phi) is 3.64. The molecule has 0 aliphatic carbocycles. The minimum absolute atomic E-state index is 0.151. The molecule has 0 amide bonds. The standard InChI is InChI=1S/C16H17N3O2S/c1-11-8-13-9-15(6-7-16(13)18-11)19-14-4-2-12(3-5-14)10-22(17,20)21/h2-9,18-19H,10H2,1H3,(H2,17,20,21). The van der Waals surface area contributed by atoms with Gasteiger partial charge in [-0.25, -0.2) is 13.6 Å². The highest BCUT2D eigenvalue weighted by Gasteiger charge is 2.05. The number of rotatable bonds is 4. The van der Waals surface area contributed by atoms with E-state index < -0.39 is 10.0 Å². The smallest absolute Gasteiger partial charge is 0.213 e. The van der Waals surface area contributed by atoms with Gasteiger partial charge in [0.15, 0.2) is 0 Å². The molecule has 1 aromatic heterocycles. The number of nitrogens with one attached hydrogen (secondary N) is 2. The van der Waals surface area contributed by atoms with Crippen LogP contribution in [0.2, 0.25) is 0 Å². The first-order valence-electron chi connectivity index (χ1n) is 6.85. The van der Waals surface area contributed by atoms with Crippen LogP contribution in [0.15, 0.2) is 48.5 Å². The van der Waals surface area contributed by atoms with Crippen molar-refractivity contribution in [1.82, 2.24) is 4.98 Å². The second-order valence-corrected chi connectivity index (χ2v) is 7.00. The van der Waals surface area contributed by atoms with E-state index in [0.717, 1.165) is 28.0 Å². The zero-order valence-corrected chi connectivity index (χ0v) is 12.9. The number of primary sulfonamides is 1. The van der Waals surface area contributed by atoms with Crippen LogP contribution in [0, 0.1) is 6.92 Å². The monoisotopic (exact) mass is 315 g/mol. The van der Waals surface area contributed by atoms with Gasteiger partial charge in [-0.1, -0.05) is 12.1 Å². The van der Waals surface area contributed by atoms with E-state index in [0.29, 0.717) is 5.56 Å². The molecule has 0 saturated carbocycles. The molecule has 2 aromatic carbocycles. The molecule has 0 radical (unpaired) electrons. The summed E-state index contributed by atoms with van der Waals surface area (Å²) in [7, 11) is -3.49. The highest BCUT2D eigenvalue weighted by molar-refractivity contribution is 7.88. The van der Waals surface area contributed by atoms with Crippen LogP contribution in [0.5, 0.6) is 0 Å². The topological polar surface area (TPSA) is 88.0 Å². The van der Waals surface area contributed by atoms with Crippen LogP contribution in [0.1, 0.15) is 11.3 Å². The van der Waals surface area contributed by atoms with Crippen molar-refractivity contribution in [1.29, 1.82) is 0 Å². The number of sulfonamides is 1. The van der Waals surface area contributed by atoms with Crippen molar-refractivity contribution in [3.8, 4) is 0 Å². The van der Waals surface area contributed by atoms with E-state index in [1.54, 1.807) is 12.1 Å². The SMILES string of the molecule is Cc1cc2cc(Nc3ccc(CS(N)(=O)=O)cc3)ccc2[nH]1. The summed E-state index contributed by atoms with van der Waals surface area (Å²) < 4.78 is 22.1. The highest BCUT2D eigenvalue weighted by Crippen LogP contribution is 2.23. The number of hydrogen-bond acceptors (Lipinski definition) is 3. The summed E-state index contributed by atoms with van der Waals surface area (Å²) in [5.74, 6) is -0.151. The van der Waals surface area contributed by atoms with Gasteiger partial charge in [0.05, 0.1) is 5.75 Å². The lowest BCUT2D eigenvalue weighted by Gasteiger charge is -2.07. The molecule has 1 heterocycles. The summed E-state index contributed by atoms with van der Waals surface area (Å²) in [6.07, 6.45) is 0. The van der Waals surface area contributed by atoms with E-state index in [-0.39, 0.29) is 5.75 Å². The number of H-pyrrole nitrogens is 1. The molecular weight excluding hydrogens is 298 g/mol. The second kappa shape index (κ2) is 5.47. The fourth-order valence-corrected chi connectivity index (χ4v) is 3.10. The zero-order chi connectivity index (χ0) is 15.7. The maximum absolute atomic E-state index is 11.1. The van der Waals surface area contributed by atoms with E-state index in [2.05, 4.69) is 22.4 Å². The van der Waals surface area contributed by atoms with Crippen molar-refractivity contribution in [2.24, 2.45) is 5.14 Å². The molecule has 0 aliphatic rings. The number of aryl methyl sites for hydroxylation is 1. The second-order valence-electron chi connectivity index (χ2n) is 5.38. The first-order chi connectivity index (χ1) is 10.4. The van der Waals surface area contributed by atoms with Gasteiger partial charge in [-0.05, 0) is 48.9 Å². The highest BCUT2D eigenvalue weighted by atomic mass is 32.2. The Morgan fingerprint density at radius 1 is 1.05 bits per heavy atom. The van der Waals surface area contributed by atoms with Crippen LogP contribution in [0.3, 0.4) is 0 Å². The molecule has 0 aliphatic heterocycles. The normalized spacial score (nSPS) is 11.7. The number of nitrogens with two attached hydrogens (primary N) is 1. The fourth-order valence-electron chi connectivity index (χ4n) is 2.44. The molecule has 22 heavy (non-hydrogen) atoms. The van der Waals surface area contributed by atoms with Gasteiger partial charge in [0.2, 0.25) is 10.0 Å². The number of hydrogen-bond donors (Lipinski definition) is 3. The van der Waals surface area contributed by atoms with Gasteiger partial charge in [0.25, 0.3) is 0 Å². The van der Waals surface area contributed by atoms with Crippen LogP contribution < -0.4 is 10.5 Å². The maximum Gasteiger partial charge on any atom is 0.213 e. The van der Waals surface area contributed by atoms with Crippen LogP contribution >= 0.6 is 0 Å². The molecule has 6 heteroatoms. The van der Waals surface area contributed by atoms with Gasteiger partial charge >= 0.3 is 0 Å². The average molecular weight is 315 g/mol. The molecule has 4 N–H and O–H groups in total. The number of fused-ring (bicyclic) bond motifs is 1. The Morgan fingerprint density at radius 3 is 2.41 bits per heavy atom. The minimum Gasteiger partial charge on any atom is -0.359 e. The maximum atomic E-state index is 11.1. The number of anilines is 2. The van der Waals surface area contributed by atoms with E-state index in [1.165, 1.54) is 0 Å². The zero-order valence-electron chi connectivity index (χ0n) is 12.1. The molecule has 114 valence electrons. The lowest BCUT2D eigenvalue weighted by atomic mass is 10.2. The molecule has 0 bridgehead atoms. The largest absolute Gasteiger partial charge is 0.359 e. The molecule has 0 unspecified atom stereocenters. The molecule has 0 spiro atoms. The first kappa shape index (κ1) is 14.6. The van der Waals surface area contributed by atoms with Crippen LogP contribution in [-0.4, -0.2) is 13.4 Å². The number of aromatic amines is 1. The van der Waals surface area contributed by atoms with E-state index in [9.17, 15) is 8.42 Å². The van der Waals surface area contributed by atoms with Gasteiger partial charge in [-0.3, -0.25) is 0 Å². The van der Waals surface area contributed by atoms with E-state index >= 15 is 0 Å². The Hall–Kier alpha value is -2.31. The van der Waals surface area contributed by atoms with Crippen LogP contribution in [0.25, 0.3) is 10.9 Å². The number of aromatic nitrogens is 1.